The Hall–Kier alpha value is -2.69. The van der Waals surface area contributed by atoms with E-state index in [0.717, 1.165) is 6.92 Å². The Labute approximate surface area is 186 Å². The van der Waals surface area contributed by atoms with Crippen LogP contribution >= 0.6 is 11.6 Å². The van der Waals surface area contributed by atoms with Crippen LogP contribution < -0.4 is 4.90 Å². The molecule has 0 spiro atoms. The molecule has 32 heavy (non-hydrogen) atoms. The molecule has 3 rings (SSSR count). The summed E-state index contributed by atoms with van der Waals surface area (Å²) in [4.78, 5) is 31.2. The van der Waals surface area contributed by atoms with Gasteiger partial charge in [0, 0.05) is 32.1 Å². The zero-order chi connectivity index (χ0) is 23.7. The Morgan fingerprint density at radius 2 is 2.03 bits per heavy atom. The maximum absolute atomic E-state index is 13.6. The second kappa shape index (κ2) is 9.05. The Morgan fingerprint density at radius 1 is 1.34 bits per heavy atom. The molecular formula is C20H22ClF4N5O2. The fourth-order valence-corrected chi connectivity index (χ4v) is 3.65. The molecule has 1 aliphatic rings. The molecule has 0 saturated heterocycles. The first-order valence-electron chi connectivity index (χ1n) is 9.91. The van der Waals surface area contributed by atoms with E-state index in [0.29, 0.717) is 10.6 Å². The Bertz CT molecular complexity index is 988. The van der Waals surface area contributed by atoms with Crippen LogP contribution in [-0.2, 0) is 9.59 Å². The zero-order valence-corrected chi connectivity index (χ0v) is 18.2. The predicted octanol–water partition coefficient (Wildman–Crippen LogP) is 3.80. The zero-order valence-electron chi connectivity index (χ0n) is 17.4. The average Bonchev–Trinajstić information content (AvgIpc) is 3.05. The quantitative estimate of drug-likeness (QED) is 0.517. The van der Waals surface area contributed by atoms with Crippen LogP contribution in [0.15, 0.2) is 30.7 Å². The molecule has 0 N–H and O–H groups in total. The van der Waals surface area contributed by atoms with Gasteiger partial charge in [-0.3, -0.25) is 14.6 Å². The summed E-state index contributed by atoms with van der Waals surface area (Å²) in [6.45, 7) is 1.47. The van der Waals surface area contributed by atoms with E-state index in [1.54, 1.807) is 31.5 Å². The maximum Gasteiger partial charge on any atom is 0.263 e. The van der Waals surface area contributed by atoms with Gasteiger partial charge < -0.3 is 9.80 Å². The van der Waals surface area contributed by atoms with Gasteiger partial charge >= 0.3 is 0 Å². The minimum Gasteiger partial charge on any atom is -0.336 e. The second-order valence-electron chi connectivity index (χ2n) is 7.70. The smallest absolute Gasteiger partial charge is 0.263 e. The maximum atomic E-state index is 13.6. The van der Waals surface area contributed by atoms with Crippen LogP contribution in [0.1, 0.15) is 26.7 Å². The molecule has 7 nitrogen and oxygen atoms in total. The van der Waals surface area contributed by atoms with Crippen molar-refractivity contribution in [2.75, 3.05) is 24.5 Å². The van der Waals surface area contributed by atoms with Crippen molar-refractivity contribution in [1.29, 1.82) is 0 Å². The first-order valence-corrected chi connectivity index (χ1v) is 10.3. The van der Waals surface area contributed by atoms with E-state index in [4.69, 9.17) is 11.6 Å². The van der Waals surface area contributed by atoms with E-state index in [-0.39, 0.29) is 23.8 Å². The van der Waals surface area contributed by atoms with Crippen LogP contribution in [0, 0.1) is 5.41 Å². The number of rotatable bonds is 9. The summed E-state index contributed by atoms with van der Waals surface area (Å²) in [6, 6.07) is 3.44. The molecule has 2 aromatic heterocycles. The molecule has 2 heterocycles. The molecule has 1 fully saturated rings. The fraction of sp³-hybridized carbons (Fsp3) is 0.500. The number of hydrogen-bond acceptors (Lipinski definition) is 4. The summed E-state index contributed by atoms with van der Waals surface area (Å²) in [6.07, 6.45) is 0.697. The summed E-state index contributed by atoms with van der Waals surface area (Å²) in [5.41, 5.74) is -1.12. The van der Waals surface area contributed by atoms with Crippen molar-refractivity contribution in [1.82, 2.24) is 19.7 Å². The summed E-state index contributed by atoms with van der Waals surface area (Å²) in [5.74, 6) is -4.83. The number of carbonyl (C=O) groups excluding carboxylic acids is 2. The first kappa shape index (κ1) is 24.0. The van der Waals surface area contributed by atoms with E-state index in [1.165, 1.54) is 15.8 Å². The third-order valence-electron chi connectivity index (χ3n) is 5.44. The number of pyridine rings is 1. The summed E-state index contributed by atoms with van der Waals surface area (Å²) in [7, 11) is 0. The van der Waals surface area contributed by atoms with E-state index in [2.05, 4.69) is 10.1 Å². The molecular weight excluding hydrogens is 454 g/mol. The standard InChI is InChI=1S/C20H22ClF4N5O2/c1-3-29(14-10-30(27-17(14)21)13-5-4-7-26-9-13)16(31)6-8-28(11-15(22)23)18(32)19(2)12-20(19,24)25/h4-5,7,9-10,15H,3,6,8,11-12H2,1-2H3. The summed E-state index contributed by atoms with van der Waals surface area (Å²) in [5, 5.41) is 4.19. The van der Waals surface area contributed by atoms with Gasteiger partial charge in [0.15, 0.2) is 5.15 Å². The third-order valence-corrected chi connectivity index (χ3v) is 5.71. The van der Waals surface area contributed by atoms with Gasteiger partial charge in [-0.05, 0) is 26.0 Å². The molecule has 0 aliphatic heterocycles. The Kier molecular flexibility index (Phi) is 6.77. The number of anilines is 1. The summed E-state index contributed by atoms with van der Waals surface area (Å²) < 4.78 is 54.5. The van der Waals surface area contributed by atoms with Gasteiger partial charge in [0.05, 0.1) is 24.6 Å². The summed E-state index contributed by atoms with van der Waals surface area (Å²) >= 11 is 6.20. The second-order valence-corrected chi connectivity index (χ2v) is 8.06. The van der Waals surface area contributed by atoms with Gasteiger partial charge in [0.25, 0.3) is 12.3 Å². The van der Waals surface area contributed by atoms with Crippen LogP contribution in [0.2, 0.25) is 5.15 Å². The van der Waals surface area contributed by atoms with Gasteiger partial charge in [0.2, 0.25) is 11.8 Å². The third kappa shape index (κ3) is 4.72. The number of amides is 2. The van der Waals surface area contributed by atoms with Crippen LogP contribution in [0.25, 0.3) is 5.69 Å². The minimum absolute atomic E-state index is 0.0368. The number of alkyl halides is 4. The topological polar surface area (TPSA) is 71.3 Å². The lowest BCUT2D eigenvalue weighted by Crippen LogP contribution is -2.43. The van der Waals surface area contributed by atoms with Crippen molar-refractivity contribution in [3.05, 3.63) is 35.9 Å². The number of nitrogens with zero attached hydrogens (tertiary/aromatic N) is 5. The van der Waals surface area contributed by atoms with Crippen molar-refractivity contribution in [2.45, 2.75) is 39.0 Å². The average molecular weight is 476 g/mol. The van der Waals surface area contributed by atoms with Crippen LogP contribution in [0.3, 0.4) is 0 Å². The first-order chi connectivity index (χ1) is 15.0. The van der Waals surface area contributed by atoms with Gasteiger partial charge in [-0.1, -0.05) is 11.6 Å². The molecule has 174 valence electrons. The Morgan fingerprint density at radius 3 is 2.56 bits per heavy atom. The normalized spacial score (nSPS) is 19.1. The van der Waals surface area contributed by atoms with E-state index in [1.807, 2.05) is 0 Å². The van der Waals surface area contributed by atoms with Crippen LogP contribution in [0.5, 0.6) is 0 Å². The molecule has 1 atom stereocenters. The van der Waals surface area contributed by atoms with Gasteiger partial charge in [-0.2, -0.15) is 5.10 Å². The van der Waals surface area contributed by atoms with Crippen molar-refractivity contribution in [3.63, 3.8) is 0 Å². The highest BCUT2D eigenvalue weighted by Crippen LogP contribution is 2.61. The highest BCUT2D eigenvalue weighted by atomic mass is 35.5. The molecule has 0 bridgehead atoms. The lowest BCUT2D eigenvalue weighted by atomic mass is 10.1. The number of aromatic nitrogens is 3. The lowest BCUT2D eigenvalue weighted by Gasteiger charge is -2.27. The molecule has 0 aromatic carbocycles. The largest absolute Gasteiger partial charge is 0.336 e. The van der Waals surface area contributed by atoms with E-state index >= 15 is 0 Å². The van der Waals surface area contributed by atoms with Crippen molar-refractivity contribution >= 4 is 29.1 Å². The number of halogens is 5. The lowest BCUT2D eigenvalue weighted by molar-refractivity contribution is -0.142. The fourth-order valence-electron chi connectivity index (χ4n) is 3.42. The highest BCUT2D eigenvalue weighted by molar-refractivity contribution is 6.32. The monoisotopic (exact) mass is 475 g/mol. The number of hydrogen-bond donors (Lipinski definition) is 0. The van der Waals surface area contributed by atoms with Crippen LogP contribution in [0.4, 0.5) is 23.2 Å². The molecule has 0 radical (unpaired) electrons. The number of carbonyl (C=O) groups is 2. The molecule has 1 unspecified atom stereocenters. The molecule has 1 aliphatic carbocycles. The molecule has 2 aromatic rings. The van der Waals surface area contributed by atoms with Crippen molar-refractivity contribution < 1.29 is 27.2 Å². The SMILES string of the molecule is CCN(C(=O)CCN(CC(F)F)C(=O)C1(C)CC1(F)F)c1cn(-c2cccnc2)nc1Cl. The van der Waals surface area contributed by atoms with Crippen LogP contribution in [-0.4, -0.2) is 63.5 Å². The molecule has 1 saturated carbocycles. The van der Waals surface area contributed by atoms with Gasteiger partial charge in [-0.25, -0.2) is 22.2 Å². The Balaban J connectivity index is 1.73. The molecule has 12 heteroatoms. The molecule has 2 amide bonds. The predicted molar refractivity (Wildman–Crippen MR) is 109 cm³/mol. The highest BCUT2D eigenvalue weighted by Gasteiger charge is 2.73. The van der Waals surface area contributed by atoms with Crippen molar-refractivity contribution in [2.24, 2.45) is 5.41 Å². The van der Waals surface area contributed by atoms with Gasteiger partial charge in [0.1, 0.15) is 11.1 Å². The minimum atomic E-state index is -3.24. The van der Waals surface area contributed by atoms with Crippen molar-refractivity contribution in [3.8, 4) is 5.69 Å². The van der Waals surface area contributed by atoms with E-state index in [9.17, 15) is 27.2 Å². The van der Waals surface area contributed by atoms with Gasteiger partial charge in [-0.15, -0.1) is 0 Å². The van der Waals surface area contributed by atoms with E-state index < -0.39 is 49.1 Å².